The second-order valence-corrected chi connectivity index (χ2v) is 8.52. The minimum absolute atomic E-state index is 0.222. The van der Waals surface area contributed by atoms with Crippen LogP contribution in [-0.2, 0) is 23.1 Å². The van der Waals surface area contributed by atoms with Crippen molar-refractivity contribution in [2.24, 2.45) is 5.73 Å². The number of thiazole rings is 1. The molecule has 5 nitrogen and oxygen atoms in total. The van der Waals surface area contributed by atoms with Gasteiger partial charge in [0.2, 0.25) is 10.0 Å². The van der Waals surface area contributed by atoms with Crippen LogP contribution in [-0.4, -0.2) is 24.8 Å². The molecule has 0 bridgehead atoms. The van der Waals surface area contributed by atoms with Crippen molar-refractivity contribution < 1.29 is 8.42 Å². The maximum absolute atomic E-state index is 12.7. The van der Waals surface area contributed by atoms with E-state index in [0.717, 1.165) is 16.3 Å². The number of hydrogen-bond acceptors (Lipinski definition) is 5. The van der Waals surface area contributed by atoms with Gasteiger partial charge in [0.05, 0.1) is 22.1 Å². The Balaban J connectivity index is 2.32. The molecule has 1 aromatic carbocycles. The maximum atomic E-state index is 12.7. The Kier molecular flexibility index (Phi) is 5.15. The van der Waals surface area contributed by atoms with Gasteiger partial charge >= 0.3 is 0 Å². The van der Waals surface area contributed by atoms with Gasteiger partial charge in [0.15, 0.2) is 0 Å². The minimum atomic E-state index is -3.60. The van der Waals surface area contributed by atoms with Crippen molar-refractivity contribution in [2.45, 2.75) is 24.9 Å². The summed E-state index contributed by atoms with van der Waals surface area (Å²) in [5.74, 6) is 0. The zero-order valence-corrected chi connectivity index (χ0v) is 14.9. The Morgan fingerprint density at radius 1 is 1.43 bits per heavy atom. The molecule has 0 amide bonds. The van der Waals surface area contributed by atoms with Crippen molar-refractivity contribution in [1.29, 1.82) is 0 Å². The van der Waals surface area contributed by atoms with Crippen LogP contribution in [0.25, 0.3) is 0 Å². The van der Waals surface area contributed by atoms with E-state index in [1.807, 2.05) is 12.3 Å². The third-order valence-electron chi connectivity index (χ3n) is 2.97. The van der Waals surface area contributed by atoms with Gasteiger partial charge in [-0.15, -0.1) is 11.3 Å². The Hall–Kier alpha value is -0.800. The molecule has 2 N–H and O–H groups in total. The normalized spacial score (nSPS) is 12.0. The number of hydrogen-bond donors (Lipinski definition) is 1. The summed E-state index contributed by atoms with van der Waals surface area (Å²) >= 11 is 4.80. The lowest BCUT2D eigenvalue weighted by molar-refractivity contribution is 0.462. The molecule has 0 spiro atoms. The first-order chi connectivity index (χ1) is 9.84. The van der Waals surface area contributed by atoms with Crippen LogP contribution in [0.3, 0.4) is 0 Å². The highest BCUT2D eigenvalue weighted by atomic mass is 79.9. The molecule has 0 saturated carbocycles. The van der Waals surface area contributed by atoms with Crippen LogP contribution in [0.2, 0.25) is 0 Å². The monoisotopic (exact) mass is 389 g/mol. The second kappa shape index (κ2) is 6.53. The van der Waals surface area contributed by atoms with E-state index in [1.54, 1.807) is 25.2 Å². The molecule has 0 aliphatic rings. The highest BCUT2D eigenvalue weighted by Gasteiger charge is 2.24. The first kappa shape index (κ1) is 16.6. The number of rotatable bonds is 5. The molecule has 0 radical (unpaired) electrons. The number of nitrogens with two attached hydrogens (primary N) is 1. The van der Waals surface area contributed by atoms with Crippen LogP contribution in [0.1, 0.15) is 16.3 Å². The van der Waals surface area contributed by atoms with E-state index in [2.05, 4.69) is 20.9 Å². The number of sulfonamides is 1. The highest BCUT2D eigenvalue weighted by molar-refractivity contribution is 9.10. The summed E-state index contributed by atoms with van der Waals surface area (Å²) in [4.78, 5) is 4.52. The lowest BCUT2D eigenvalue weighted by Crippen LogP contribution is -2.27. The lowest BCUT2D eigenvalue weighted by Gasteiger charge is -2.17. The molecular formula is C13H16BrN3O2S2. The van der Waals surface area contributed by atoms with E-state index in [4.69, 9.17) is 5.73 Å². The Labute approximate surface area is 137 Å². The molecule has 1 heterocycles. The van der Waals surface area contributed by atoms with Gasteiger partial charge in [0.1, 0.15) is 0 Å². The third kappa shape index (κ3) is 3.70. The first-order valence-electron chi connectivity index (χ1n) is 6.20. The van der Waals surface area contributed by atoms with E-state index >= 15 is 0 Å². The van der Waals surface area contributed by atoms with Crippen LogP contribution >= 0.6 is 27.3 Å². The SMILES string of the molecule is Cc1nc(CN(C)S(=O)(=O)c2cc(CN)ccc2Br)cs1. The van der Waals surface area contributed by atoms with Gasteiger partial charge in [-0.3, -0.25) is 0 Å². The smallest absolute Gasteiger partial charge is 0.244 e. The molecule has 8 heteroatoms. The Bertz CT molecular complexity index is 744. The second-order valence-electron chi connectivity index (χ2n) is 4.59. The van der Waals surface area contributed by atoms with E-state index in [-0.39, 0.29) is 11.4 Å². The molecule has 1 aromatic heterocycles. The average molecular weight is 390 g/mol. The minimum Gasteiger partial charge on any atom is -0.326 e. The molecule has 114 valence electrons. The zero-order chi connectivity index (χ0) is 15.6. The summed E-state index contributed by atoms with van der Waals surface area (Å²) in [5, 5.41) is 2.79. The van der Waals surface area contributed by atoms with Crippen LogP contribution < -0.4 is 5.73 Å². The fraction of sp³-hybridized carbons (Fsp3) is 0.308. The molecule has 0 aliphatic carbocycles. The number of aromatic nitrogens is 1. The van der Waals surface area contributed by atoms with Crippen molar-refractivity contribution in [3.05, 3.63) is 44.3 Å². The van der Waals surface area contributed by atoms with Gasteiger partial charge in [-0.2, -0.15) is 4.31 Å². The van der Waals surface area contributed by atoms with Crippen molar-refractivity contribution in [3.63, 3.8) is 0 Å². The van der Waals surface area contributed by atoms with E-state index in [1.165, 1.54) is 15.6 Å². The van der Waals surface area contributed by atoms with Crippen LogP contribution in [0.15, 0.2) is 32.9 Å². The first-order valence-corrected chi connectivity index (χ1v) is 9.31. The standard InChI is InChI=1S/C13H16BrN3O2S2/c1-9-16-11(8-20-9)7-17(2)21(18,19)13-5-10(6-15)3-4-12(13)14/h3-5,8H,6-7,15H2,1-2H3. The molecule has 0 atom stereocenters. The fourth-order valence-electron chi connectivity index (χ4n) is 1.83. The number of halogens is 1. The van der Waals surface area contributed by atoms with Gasteiger partial charge in [-0.05, 0) is 40.5 Å². The number of aryl methyl sites for hydroxylation is 1. The molecule has 0 fully saturated rings. The summed E-state index contributed by atoms with van der Waals surface area (Å²) in [6.45, 7) is 2.43. The zero-order valence-electron chi connectivity index (χ0n) is 11.7. The summed E-state index contributed by atoms with van der Waals surface area (Å²) in [7, 11) is -2.05. The topological polar surface area (TPSA) is 76.3 Å². The molecular weight excluding hydrogens is 374 g/mol. The number of nitrogens with zero attached hydrogens (tertiary/aromatic N) is 2. The molecule has 21 heavy (non-hydrogen) atoms. The fourth-order valence-corrected chi connectivity index (χ4v) is 4.55. The number of benzene rings is 1. The molecule has 0 saturated heterocycles. The summed E-state index contributed by atoms with van der Waals surface area (Å²) in [5.41, 5.74) is 7.10. The summed E-state index contributed by atoms with van der Waals surface area (Å²) in [6, 6.07) is 5.10. The van der Waals surface area contributed by atoms with Crippen molar-refractivity contribution >= 4 is 37.3 Å². The Morgan fingerprint density at radius 3 is 2.71 bits per heavy atom. The third-order valence-corrected chi connectivity index (χ3v) is 6.59. The van der Waals surface area contributed by atoms with Gasteiger partial charge in [0, 0.05) is 23.4 Å². The summed E-state index contributed by atoms with van der Waals surface area (Å²) in [6.07, 6.45) is 0. The van der Waals surface area contributed by atoms with Crippen LogP contribution in [0, 0.1) is 6.92 Å². The van der Waals surface area contributed by atoms with Crippen LogP contribution in [0.5, 0.6) is 0 Å². The average Bonchev–Trinajstić information content (AvgIpc) is 2.84. The van der Waals surface area contributed by atoms with Gasteiger partial charge in [-0.1, -0.05) is 6.07 Å². The molecule has 2 rings (SSSR count). The van der Waals surface area contributed by atoms with Crippen molar-refractivity contribution in [1.82, 2.24) is 9.29 Å². The maximum Gasteiger partial charge on any atom is 0.244 e. The van der Waals surface area contributed by atoms with Crippen LogP contribution in [0.4, 0.5) is 0 Å². The van der Waals surface area contributed by atoms with E-state index in [0.29, 0.717) is 11.0 Å². The van der Waals surface area contributed by atoms with E-state index < -0.39 is 10.0 Å². The van der Waals surface area contributed by atoms with Gasteiger partial charge in [0.25, 0.3) is 0 Å². The molecule has 2 aromatic rings. The van der Waals surface area contributed by atoms with Crippen molar-refractivity contribution in [2.75, 3.05) is 7.05 Å². The lowest BCUT2D eigenvalue weighted by atomic mass is 10.2. The Morgan fingerprint density at radius 2 is 2.14 bits per heavy atom. The predicted octanol–water partition coefficient (Wildman–Crippen LogP) is 2.49. The van der Waals surface area contributed by atoms with Crippen molar-refractivity contribution in [3.8, 4) is 0 Å². The summed E-state index contributed by atoms with van der Waals surface area (Å²) < 4.78 is 27.1. The predicted molar refractivity (Wildman–Crippen MR) is 87.5 cm³/mol. The van der Waals surface area contributed by atoms with E-state index in [9.17, 15) is 8.42 Å². The van der Waals surface area contributed by atoms with Gasteiger partial charge in [-0.25, -0.2) is 13.4 Å². The quantitative estimate of drug-likeness (QED) is 0.851. The highest BCUT2D eigenvalue weighted by Crippen LogP contribution is 2.26. The molecule has 0 aliphatic heterocycles. The molecule has 0 unspecified atom stereocenters. The van der Waals surface area contributed by atoms with Gasteiger partial charge < -0.3 is 5.73 Å². The largest absolute Gasteiger partial charge is 0.326 e.